The largest absolute Gasteiger partial charge is 0.402 e. The highest BCUT2D eigenvalue weighted by molar-refractivity contribution is 8.78. The third-order valence-corrected chi connectivity index (χ3v) is 4.84. The molecule has 1 aliphatic rings. The second-order valence-electron chi connectivity index (χ2n) is 3.61. The van der Waals surface area contributed by atoms with Gasteiger partial charge in [-0.1, -0.05) is 27.7 Å². The molecule has 1 aliphatic carbocycles. The Morgan fingerprint density at radius 1 is 0.875 bits per heavy atom. The second kappa shape index (κ2) is 5.37. The summed E-state index contributed by atoms with van der Waals surface area (Å²) in [6, 6.07) is 7.94. The summed E-state index contributed by atoms with van der Waals surface area (Å²) in [5.41, 5.74) is 13.1. The zero-order valence-corrected chi connectivity index (χ0v) is 10.5. The van der Waals surface area contributed by atoms with E-state index in [4.69, 9.17) is 11.5 Å². The Kier molecular flexibility index (Phi) is 3.85. The SMILES string of the molecule is NC1=CC=C(SSc2ccc(N)cc2)CC1. The average molecular weight is 250 g/mol. The summed E-state index contributed by atoms with van der Waals surface area (Å²) in [5, 5.41) is 0. The summed E-state index contributed by atoms with van der Waals surface area (Å²) < 4.78 is 0. The first-order valence-corrected chi connectivity index (χ1v) is 7.24. The minimum absolute atomic E-state index is 0.807. The van der Waals surface area contributed by atoms with Crippen molar-refractivity contribution in [2.75, 3.05) is 5.73 Å². The quantitative estimate of drug-likeness (QED) is 0.636. The molecule has 4 heteroatoms. The maximum Gasteiger partial charge on any atom is 0.0314 e. The van der Waals surface area contributed by atoms with Crippen molar-refractivity contribution in [3.63, 3.8) is 0 Å². The molecule has 0 atom stereocenters. The van der Waals surface area contributed by atoms with E-state index in [2.05, 4.69) is 6.08 Å². The Morgan fingerprint density at radius 3 is 2.25 bits per heavy atom. The lowest BCUT2D eigenvalue weighted by molar-refractivity contribution is 0.934. The van der Waals surface area contributed by atoms with Gasteiger partial charge in [-0.2, -0.15) is 0 Å². The number of hydrogen-bond acceptors (Lipinski definition) is 4. The van der Waals surface area contributed by atoms with Gasteiger partial charge in [-0.15, -0.1) is 0 Å². The zero-order valence-electron chi connectivity index (χ0n) is 8.85. The molecule has 0 spiro atoms. The molecule has 0 unspecified atom stereocenters. The van der Waals surface area contributed by atoms with E-state index in [-0.39, 0.29) is 0 Å². The number of anilines is 1. The van der Waals surface area contributed by atoms with E-state index >= 15 is 0 Å². The van der Waals surface area contributed by atoms with Crippen LogP contribution in [0.1, 0.15) is 12.8 Å². The van der Waals surface area contributed by atoms with Crippen LogP contribution < -0.4 is 11.5 Å². The molecule has 84 valence electrons. The van der Waals surface area contributed by atoms with Gasteiger partial charge in [0.25, 0.3) is 0 Å². The first kappa shape index (κ1) is 11.5. The molecule has 0 aliphatic heterocycles. The predicted molar refractivity (Wildman–Crippen MR) is 73.9 cm³/mol. The van der Waals surface area contributed by atoms with Gasteiger partial charge in [0.2, 0.25) is 0 Å². The van der Waals surface area contributed by atoms with Gasteiger partial charge in [0, 0.05) is 16.3 Å². The molecular formula is C12H14N2S2. The Bertz CT molecular complexity index is 421. The molecule has 0 saturated heterocycles. The van der Waals surface area contributed by atoms with Crippen LogP contribution in [0.4, 0.5) is 5.69 Å². The van der Waals surface area contributed by atoms with Gasteiger partial charge in [-0.3, -0.25) is 0 Å². The van der Waals surface area contributed by atoms with Crippen LogP contribution in [0.5, 0.6) is 0 Å². The standard InChI is InChI=1S/C12H14N2S2/c13-9-1-5-11(6-2-9)15-16-12-7-3-10(14)4-8-12/h1-3,5-7H,4,8,13-14H2. The van der Waals surface area contributed by atoms with Gasteiger partial charge in [-0.05, 0) is 48.1 Å². The van der Waals surface area contributed by atoms with Crippen LogP contribution in [0.25, 0.3) is 0 Å². The highest BCUT2D eigenvalue weighted by Gasteiger charge is 2.05. The highest BCUT2D eigenvalue weighted by atomic mass is 33.1. The highest BCUT2D eigenvalue weighted by Crippen LogP contribution is 2.40. The predicted octanol–water partition coefficient (Wildman–Crippen LogP) is 3.53. The minimum Gasteiger partial charge on any atom is -0.402 e. The fourth-order valence-electron chi connectivity index (χ4n) is 1.33. The van der Waals surface area contributed by atoms with Gasteiger partial charge < -0.3 is 11.5 Å². The van der Waals surface area contributed by atoms with Crippen LogP contribution in [0, 0.1) is 0 Å². The average Bonchev–Trinajstić information content (AvgIpc) is 2.30. The van der Waals surface area contributed by atoms with Crippen molar-refractivity contribution in [3.05, 3.63) is 47.0 Å². The molecule has 1 aromatic carbocycles. The summed E-state index contributed by atoms with van der Waals surface area (Å²) in [7, 11) is 3.55. The van der Waals surface area contributed by atoms with E-state index in [0.717, 1.165) is 24.2 Å². The van der Waals surface area contributed by atoms with Crippen molar-refractivity contribution in [1.82, 2.24) is 0 Å². The zero-order chi connectivity index (χ0) is 11.4. The van der Waals surface area contributed by atoms with Crippen LogP contribution in [-0.4, -0.2) is 0 Å². The van der Waals surface area contributed by atoms with Crippen LogP contribution in [0.3, 0.4) is 0 Å². The second-order valence-corrected chi connectivity index (χ2v) is 5.94. The van der Waals surface area contributed by atoms with Gasteiger partial charge in [0.1, 0.15) is 0 Å². The fraction of sp³-hybridized carbons (Fsp3) is 0.167. The topological polar surface area (TPSA) is 52.0 Å². The van der Waals surface area contributed by atoms with Crippen molar-refractivity contribution < 1.29 is 0 Å². The monoisotopic (exact) mass is 250 g/mol. The lowest BCUT2D eigenvalue weighted by Gasteiger charge is -2.10. The Labute approximate surface area is 104 Å². The number of rotatable bonds is 3. The van der Waals surface area contributed by atoms with Gasteiger partial charge in [-0.25, -0.2) is 0 Å². The van der Waals surface area contributed by atoms with E-state index in [1.54, 1.807) is 21.6 Å². The molecule has 2 nitrogen and oxygen atoms in total. The van der Waals surface area contributed by atoms with Crippen LogP contribution in [0.15, 0.2) is 51.9 Å². The van der Waals surface area contributed by atoms with E-state index < -0.39 is 0 Å². The molecular weight excluding hydrogens is 236 g/mol. The van der Waals surface area contributed by atoms with Gasteiger partial charge >= 0.3 is 0 Å². The molecule has 0 fully saturated rings. The Hall–Kier alpha value is -1.00. The maximum atomic E-state index is 5.71. The van der Waals surface area contributed by atoms with Crippen molar-refractivity contribution in [1.29, 1.82) is 0 Å². The van der Waals surface area contributed by atoms with Crippen molar-refractivity contribution in [3.8, 4) is 0 Å². The summed E-state index contributed by atoms with van der Waals surface area (Å²) in [6.45, 7) is 0. The van der Waals surface area contributed by atoms with E-state index in [0.29, 0.717) is 0 Å². The minimum atomic E-state index is 0.807. The molecule has 2 rings (SSSR count). The summed E-state index contributed by atoms with van der Waals surface area (Å²) in [6.07, 6.45) is 6.12. The fourth-order valence-corrected chi connectivity index (χ4v) is 3.45. The molecule has 0 bridgehead atoms. The number of nitrogen functional groups attached to an aromatic ring is 1. The molecule has 0 aromatic heterocycles. The smallest absolute Gasteiger partial charge is 0.0314 e. The summed E-state index contributed by atoms with van der Waals surface area (Å²) in [4.78, 5) is 2.60. The van der Waals surface area contributed by atoms with E-state index in [9.17, 15) is 0 Å². The first-order valence-electron chi connectivity index (χ1n) is 5.09. The van der Waals surface area contributed by atoms with E-state index in [1.807, 2.05) is 30.3 Å². The third kappa shape index (κ3) is 3.25. The van der Waals surface area contributed by atoms with Crippen molar-refractivity contribution >= 4 is 27.3 Å². The number of hydrogen-bond donors (Lipinski definition) is 2. The molecule has 16 heavy (non-hydrogen) atoms. The lowest BCUT2D eigenvalue weighted by Crippen LogP contribution is -1.99. The molecule has 0 radical (unpaired) electrons. The van der Waals surface area contributed by atoms with Gasteiger partial charge in [0.05, 0.1) is 0 Å². The number of allylic oxidation sites excluding steroid dienone is 4. The molecule has 0 saturated carbocycles. The molecule has 1 aromatic rings. The molecule has 4 N–H and O–H groups in total. The summed E-state index contributed by atoms with van der Waals surface area (Å²) in [5.74, 6) is 0. The van der Waals surface area contributed by atoms with Crippen molar-refractivity contribution in [2.24, 2.45) is 5.73 Å². The molecule has 0 amide bonds. The number of nitrogens with two attached hydrogens (primary N) is 2. The van der Waals surface area contributed by atoms with Crippen LogP contribution in [0.2, 0.25) is 0 Å². The van der Waals surface area contributed by atoms with E-state index in [1.165, 1.54) is 9.80 Å². The molecule has 0 heterocycles. The third-order valence-electron chi connectivity index (χ3n) is 2.27. The normalized spacial score (nSPS) is 15.5. The van der Waals surface area contributed by atoms with Crippen LogP contribution in [-0.2, 0) is 0 Å². The number of benzene rings is 1. The van der Waals surface area contributed by atoms with Gasteiger partial charge in [0.15, 0.2) is 0 Å². The summed E-state index contributed by atoms with van der Waals surface area (Å²) >= 11 is 0. The Morgan fingerprint density at radius 2 is 1.62 bits per heavy atom. The van der Waals surface area contributed by atoms with Crippen molar-refractivity contribution in [2.45, 2.75) is 17.7 Å². The Balaban J connectivity index is 1.90. The lowest BCUT2D eigenvalue weighted by atomic mass is 10.1. The first-order chi connectivity index (χ1) is 7.74. The maximum absolute atomic E-state index is 5.71. The van der Waals surface area contributed by atoms with Crippen LogP contribution >= 0.6 is 21.6 Å².